The summed E-state index contributed by atoms with van der Waals surface area (Å²) in [6, 6.07) is 20.2. The SMILES string of the molecule is CSc1ccc(C(=O)c2ccccc2C(=O)NCc2ccccc2)cc1[N+](=O)[O-]. The van der Waals surface area contributed by atoms with Crippen molar-refractivity contribution in [2.45, 2.75) is 11.4 Å². The van der Waals surface area contributed by atoms with Crippen LogP contribution in [0.3, 0.4) is 0 Å². The number of amides is 1. The lowest BCUT2D eigenvalue weighted by molar-refractivity contribution is -0.387. The number of carbonyl (C=O) groups is 2. The van der Waals surface area contributed by atoms with E-state index in [-0.39, 0.29) is 28.3 Å². The van der Waals surface area contributed by atoms with Gasteiger partial charge in [-0.15, -0.1) is 11.8 Å². The number of hydrogen-bond donors (Lipinski definition) is 1. The summed E-state index contributed by atoms with van der Waals surface area (Å²) in [5, 5.41) is 14.1. The lowest BCUT2D eigenvalue weighted by atomic mass is 9.97. The van der Waals surface area contributed by atoms with Crippen molar-refractivity contribution in [3.05, 3.63) is 105 Å². The molecule has 6 nitrogen and oxygen atoms in total. The van der Waals surface area contributed by atoms with Gasteiger partial charge in [0, 0.05) is 23.7 Å². The Bertz CT molecular complexity index is 1070. The van der Waals surface area contributed by atoms with Crippen LogP contribution in [0.15, 0.2) is 77.7 Å². The third-order valence-electron chi connectivity index (χ3n) is 4.35. The third-order valence-corrected chi connectivity index (χ3v) is 5.13. The zero-order valence-electron chi connectivity index (χ0n) is 15.6. The van der Waals surface area contributed by atoms with Crippen LogP contribution in [0.2, 0.25) is 0 Å². The van der Waals surface area contributed by atoms with Crippen molar-refractivity contribution in [3.63, 3.8) is 0 Å². The highest BCUT2D eigenvalue weighted by atomic mass is 32.2. The van der Waals surface area contributed by atoms with Crippen LogP contribution in [0.1, 0.15) is 31.8 Å². The Labute approximate surface area is 172 Å². The minimum Gasteiger partial charge on any atom is -0.348 e. The summed E-state index contributed by atoms with van der Waals surface area (Å²) in [5.41, 5.74) is 1.40. The molecule has 29 heavy (non-hydrogen) atoms. The number of benzene rings is 3. The maximum Gasteiger partial charge on any atom is 0.283 e. The summed E-state index contributed by atoms with van der Waals surface area (Å²) in [6.07, 6.45) is 1.73. The Morgan fingerprint density at radius 3 is 2.28 bits per heavy atom. The number of hydrogen-bond acceptors (Lipinski definition) is 5. The average Bonchev–Trinajstić information content (AvgIpc) is 2.77. The van der Waals surface area contributed by atoms with Crippen LogP contribution in [0.4, 0.5) is 5.69 Å². The van der Waals surface area contributed by atoms with Crippen LogP contribution in [0.5, 0.6) is 0 Å². The van der Waals surface area contributed by atoms with Crippen molar-refractivity contribution in [1.29, 1.82) is 0 Å². The first kappa shape index (κ1) is 20.3. The zero-order chi connectivity index (χ0) is 20.8. The number of nitrogens with one attached hydrogen (secondary N) is 1. The molecule has 0 atom stereocenters. The normalized spacial score (nSPS) is 10.4. The van der Waals surface area contributed by atoms with Gasteiger partial charge in [-0.1, -0.05) is 48.5 Å². The summed E-state index contributed by atoms with van der Waals surface area (Å²) in [5.74, 6) is -0.820. The van der Waals surface area contributed by atoms with Gasteiger partial charge in [0.25, 0.3) is 11.6 Å². The fourth-order valence-electron chi connectivity index (χ4n) is 2.88. The van der Waals surface area contributed by atoms with E-state index in [1.165, 1.54) is 17.8 Å². The molecule has 0 aliphatic rings. The number of nitro groups is 1. The average molecular weight is 406 g/mol. The Hall–Kier alpha value is -3.45. The molecule has 0 radical (unpaired) electrons. The maximum absolute atomic E-state index is 13.0. The molecule has 1 N–H and O–H groups in total. The van der Waals surface area contributed by atoms with E-state index >= 15 is 0 Å². The first-order chi connectivity index (χ1) is 14.0. The predicted molar refractivity (Wildman–Crippen MR) is 112 cm³/mol. The summed E-state index contributed by atoms with van der Waals surface area (Å²) in [7, 11) is 0. The molecule has 3 aromatic rings. The second-order valence-corrected chi connectivity index (χ2v) is 7.03. The molecule has 0 heterocycles. The smallest absolute Gasteiger partial charge is 0.283 e. The molecule has 0 unspecified atom stereocenters. The van der Waals surface area contributed by atoms with Crippen LogP contribution >= 0.6 is 11.8 Å². The first-order valence-corrected chi connectivity index (χ1v) is 10.0. The van der Waals surface area contributed by atoms with Crippen molar-refractivity contribution < 1.29 is 14.5 Å². The highest BCUT2D eigenvalue weighted by Gasteiger charge is 2.21. The molecular weight excluding hydrogens is 388 g/mol. The molecule has 0 fully saturated rings. The van der Waals surface area contributed by atoms with E-state index in [4.69, 9.17) is 0 Å². The Morgan fingerprint density at radius 2 is 1.62 bits per heavy atom. The van der Waals surface area contributed by atoms with Crippen LogP contribution < -0.4 is 5.32 Å². The third kappa shape index (κ3) is 4.70. The van der Waals surface area contributed by atoms with Gasteiger partial charge in [-0.25, -0.2) is 0 Å². The zero-order valence-corrected chi connectivity index (χ0v) is 16.4. The Kier molecular flexibility index (Phi) is 6.41. The summed E-state index contributed by atoms with van der Waals surface area (Å²) in [6.45, 7) is 0.329. The van der Waals surface area contributed by atoms with E-state index in [9.17, 15) is 19.7 Å². The van der Waals surface area contributed by atoms with Gasteiger partial charge in [0.1, 0.15) is 0 Å². The maximum atomic E-state index is 13.0. The minimum absolute atomic E-state index is 0.130. The van der Waals surface area contributed by atoms with Crippen molar-refractivity contribution in [3.8, 4) is 0 Å². The molecule has 146 valence electrons. The number of nitro benzene ring substituents is 1. The molecule has 3 rings (SSSR count). The van der Waals surface area contributed by atoms with Gasteiger partial charge in [-0.05, 0) is 30.0 Å². The van der Waals surface area contributed by atoms with Crippen LogP contribution in [-0.2, 0) is 6.54 Å². The molecule has 0 spiro atoms. The van der Waals surface area contributed by atoms with Crippen LogP contribution in [0.25, 0.3) is 0 Å². The summed E-state index contributed by atoms with van der Waals surface area (Å²) >= 11 is 1.24. The number of rotatable bonds is 7. The number of ketones is 1. The van der Waals surface area contributed by atoms with Gasteiger partial charge in [-0.3, -0.25) is 19.7 Å². The topological polar surface area (TPSA) is 89.3 Å². The van der Waals surface area contributed by atoms with E-state index in [0.717, 1.165) is 5.56 Å². The van der Waals surface area contributed by atoms with Crippen molar-refractivity contribution in [2.24, 2.45) is 0 Å². The van der Waals surface area contributed by atoms with Gasteiger partial charge in [0.15, 0.2) is 5.78 Å². The lowest BCUT2D eigenvalue weighted by Crippen LogP contribution is -2.25. The highest BCUT2D eigenvalue weighted by molar-refractivity contribution is 7.98. The van der Waals surface area contributed by atoms with Gasteiger partial charge in [0.2, 0.25) is 0 Å². The Morgan fingerprint density at radius 1 is 0.966 bits per heavy atom. The molecule has 1 amide bonds. The second kappa shape index (κ2) is 9.16. The number of carbonyl (C=O) groups excluding carboxylic acids is 2. The molecule has 0 aliphatic heterocycles. The summed E-state index contributed by atoms with van der Waals surface area (Å²) in [4.78, 5) is 36.9. The van der Waals surface area contributed by atoms with Crippen molar-refractivity contribution in [1.82, 2.24) is 5.32 Å². The Balaban J connectivity index is 1.88. The van der Waals surface area contributed by atoms with E-state index in [1.807, 2.05) is 30.3 Å². The molecule has 0 aliphatic carbocycles. The first-order valence-electron chi connectivity index (χ1n) is 8.79. The van der Waals surface area contributed by atoms with Gasteiger partial charge < -0.3 is 5.32 Å². The van der Waals surface area contributed by atoms with Crippen LogP contribution in [0, 0.1) is 10.1 Å². The molecule has 0 aromatic heterocycles. The molecule has 7 heteroatoms. The quantitative estimate of drug-likeness (QED) is 0.270. The minimum atomic E-state index is -0.513. The van der Waals surface area contributed by atoms with Gasteiger partial charge in [-0.2, -0.15) is 0 Å². The lowest BCUT2D eigenvalue weighted by Gasteiger charge is -2.10. The van der Waals surface area contributed by atoms with Crippen LogP contribution in [-0.4, -0.2) is 22.9 Å². The highest BCUT2D eigenvalue weighted by Crippen LogP contribution is 2.29. The fourth-order valence-corrected chi connectivity index (χ4v) is 3.43. The van der Waals surface area contributed by atoms with E-state index in [1.54, 1.807) is 42.7 Å². The molecule has 0 bridgehead atoms. The number of nitrogens with zero attached hydrogens (tertiary/aromatic N) is 1. The van der Waals surface area contributed by atoms with Crippen molar-refractivity contribution >= 4 is 29.1 Å². The monoisotopic (exact) mass is 406 g/mol. The van der Waals surface area contributed by atoms with Gasteiger partial charge >= 0.3 is 0 Å². The van der Waals surface area contributed by atoms with E-state index < -0.39 is 10.7 Å². The van der Waals surface area contributed by atoms with E-state index in [2.05, 4.69) is 5.32 Å². The molecule has 3 aromatic carbocycles. The second-order valence-electron chi connectivity index (χ2n) is 6.19. The molecule has 0 saturated heterocycles. The largest absolute Gasteiger partial charge is 0.348 e. The number of thioether (sulfide) groups is 1. The summed E-state index contributed by atoms with van der Waals surface area (Å²) < 4.78 is 0. The molecular formula is C22H18N2O4S. The van der Waals surface area contributed by atoms with E-state index in [0.29, 0.717) is 11.4 Å². The van der Waals surface area contributed by atoms with Crippen molar-refractivity contribution in [2.75, 3.05) is 6.26 Å². The predicted octanol–water partition coefficient (Wildman–Crippen LogP) is 4.48. The fraction of sp³-hybridized carbons (Fsp3) is 0.0909. The molecule has 0 saturated carbocycles. The van der Waals surface area contributed by atoms with Gasteiger partial charge in [0.05, 0.1) is 15.4 Å². The standard InChI is InChI=1S/C22H18N2O4S/c1-29-20-12-11-16(13-19(20)24(27)28)21(25)17-9-5-6-10-18(17)22(26)23-14-15-7-3-2-4-8-15/h2-13H,14H2,1H3,(H,23,26).